The molecule has 2 rings (SSSR count). The average Bonchev–Trinajstić information content (AvgIpc) is 2.98. The summed E-state index contributed by atoms with van der Waals surface area (Å²) in [5.41, 5.74) is 1.21. The number of aromatic nitrogens is 2. The van der Waals surface area contributed by atoms with Crippen LogP contribution in [0.4, 0.5) is 0 Å². The second-order valence-corrected chi connectivity index (χ2v) is 6.40. The number of thiophene rings is 1. The molecule has 0 aliphatic heterocycles. The second-order valence-electron chi connectivity index (χ2n) is 5.28. The molecule has 0 spiro atoms. The molecule has 0 saturated heterocycles. The highest BCUT2D eigenvalue weighted by Crippen LogP contribution is 2.33. The first-order valence-corrected chi connectivity index (χ1v) is 7.75. The van der Waals surface area contributed by atoms with Gasteiger partial charge in [0.15, 0.2) is 0 Å². The summed E-state index contributed by atoms with van der Waals surface area (Å²) in [5, 5.41) is 7.88. The van der Waals surface area contributed by atoms with Crippen LogP contribution < -0.4 is 5.32 Å². The van der Waals surface area contributed by atoms with Crippen LogP contribution in [0.5, 0.6) is 0 Å². The van der Waals surface area contributed by atoms with Gasteiger partial charge in [-0.2, -0.15) is 5.10 Å². The van der Waals surface area contributed by atoms with E-state index in [-0.39, 0.29) is 0 Å². The van der Waals surface area contributed by atoms with Crippen LogP contribution in [0.3, 0.4) is 0 Å². The monoisotopic (exact) mass is 277 g/mol. The molecule has 4 heteroatoms. The first kappa shape index (κ1) is 14.3. The SMILES string of the molecule is CCCNC(c1ccc(-c2cnn(C)c2)s1)C(C)C. The molecule has 0 aromatic carbocycles. The number of nitrogens with zero attached hydrogens (tertiary/aromatic N) is 2. The fourth-order valence-electron chi connectivity index (χ4n) is 2.19. The van der Waals surface area contributed by atoms with Crippen molar-refractivity contribution in [3.8, 4) is 10.4 Å². The van der Waals surface area contributed by atoms with E-state index in [0.717, 1.165) is 6.54 Å². The van der Waals surface area contributed by atoms with Gasteiger partial charge in [-0.15, -0.1) is 11.3 Å². The van der Waals surface area contributed by atoms with E-state index in [4.69, 9.17) is 0 Å². The van der Waals surface area contributed by atoms with Crippen LogP contribution in [-0.4, -0.2) is 16.3 Å². The fraction of sp³-hybridized carbons (Fsp3) is 0.533. The zero-order chi connectivity index (χ0) is 13.8. The van der Waals surface area contributed by atoms with Crippen molar-refractivity contribution in [3.63, 3.8) is 0 Å². The van der Waals surface area contributed by atoms with Gasteiger partial charge in [0, 0.05) is 34.6 Å². The fourth-order valence-corrected chi connectivity index (χ4v) is 3.42. The third kappa shape index (κ3) is 3.45. The molecular weight excluding hydrogens is 254 g/mol. The van der Waals surface area contributed by atoms with Crippen molar-refractivity contribution in [2.75, 3.05) is 6.54 Å². The maximum Gasteiger partial charge on any atom is 0.0576 e. The van der Waals surface area contributed by atoms with Crippen molar-refractivity contribution >= 4 is 11.3 Å². The van der Waals surface area contributed by atoms with Gasteiger partial charge < -0.3 is 5.32 Å². The van der Waals surface area contributed by atoms with Crippen LogP contribution in [0.15, 0.2) is 24.5 Å². The second kappa shape index (κ2) is 6.35. The van der Waals surface area contributed by atoms with Gasteiger partial charge in [-0.05, 0) is 31.0 Å². The summed E-state index contributed by atoms with van der Waals surface area (Å²) in [6.07, 6.45) is 5.17. The Bertz CT molecular complexity index is 513. The summed E-state index contributed by atoms with van der Waals surface area (Å²) in [5.74, 6) is 0.604. The highest BCUT2D eigenvalue weighted by molar-refractivity contribution is 7.15. The molecule has 0 aliphatic rings. The number of hydrogen-bond acceptors (Lipinski definition) is 3. The van der Waals surface area contributed by atoms with Gasteiger partial charge in [-0.3, -0.25) is 4.68 Å². The third-order valence-electron chi connectivity index (χ3n) is 3.20. The molecule has 1 atom stereocenters. The number of aryl methyl sites for hydroxylation is 1. The zero-order valence-electron chi connectivity index (χ0n) is 12.2. The molecule has 3 nitrogen and oxygen atoms in total. The van der Waals surface area contributed by atoms with Crippen molar-refractivity contribution in [1.29, 1.82) is 0 Å². The lowest BCUT2D eigenvalue weighted by atomic mass is 10.0. The maximum absolute atomic E-state index is 4.24. The van der Waals surface area contributed by atoms with E-state index in [2.05, 4.69) is 49.5 Å². The standard InChI is InChI=1S/C15H23N3S/c1-5-8-16-15(11(2)3)14-7-6-13(19-14)12-9-17-18(4)10-12/h6-7,9-11,15-16H,5,8H2,1-4H3. The van der Waals surface area contributed by atoms with Gasteiger partial charge in [0.25, 0.3) is 0 Å². The summed E-state index contributed by atoms with van der Waals surface area (Å²) in [6, 6.07) is 4.91. The van der Waals surface area contributed by atoms with Crippen molar-refractivity contribution in [2.45, 2.75) is 33.2 Å². The molecule has 104 valence electrons. The largest absolute Gasteiger partial charge is 0.309 e. The minimum Gasteiger partial charge on any atom is -0.309 e. The Hall–Kier alpha value is -1.13. The summed E-state index contributed by atoms with van der Waals surface area (Å²) in [7, 11) is 1.96. The third-order valence-corrected chi connectivity index (χ3v) is 4.42. The van der Waals surface area contributed by atoms with E-state index in [1.807, 2.05) is 29.3 Å². The van der Waals surface area contributed by atoms with Gasteiger partial charge in [0.1, 0.15) is 0 Å². The molecule has 1 N–H and O–H groups in total. The summed E-state index contributed by atoms with van der Waals surface area (Å²) in [4.78, 5) is 2.72. The Morgan fingerprint density at radius 2 is 2.16 bits per heavy atom. The minimum atomic E-state index is 0.454. The predicted octanol–water partition coefficient (Wildman–Crippen LogP) is 3.85. The Morgan fingerprint density at radius 1 is 1.37 bits per heavy atom. The number of nitrogens with one attached hydrogen (secondary N) is 1. The minimum absolute atomic E-state index is 0.454. The molecule has 2 aromatic rings. The summed E-state index contributed by atoms with van der Waals surface area (Å²) < 4.78 is 1.85. The molecular formula is C15H23N3S. The zero-order valence-corrected chi connectivity index (χ0v) is 13.0. The molecule has 19 heavy (non-hydrogen) atoms. The van der Waals surface area contributed by atoms with Crippen LogP contribution in [0.1, 0.15) is 38.1 Å². The summed E-state index contributed by atoms with van der Waals surface area (Å²) in [6.45, 7) is 7.83. The van der Waals surface area contributed by atoms with Gasteiger partial charge in [-0.1, -0.05) is 20.8 Å². The van der Waals surface area contributed by atoms with E-state index < -0.39 is 0 Å². The molecule has 2 heterocycles. The van der Waals surface area contributed by atoms with Crippen molar-refractivity contribution in [2.24, 2.45) is 13.0 Å². The van der Waals surface area contributed by atoms with Gasteiger partial charge in [0.05, 0.1) is 6.20 Å². The van der Waals surface area contributed by atoms with Crippen LogP contribution in [-0.2, 0) is 7.05 Å². The van der Waals surface area contributed by atoms with E-state index in [9.17, 15) is 0 Å². The number of hydrogen-bond donors (Lipinski definition) is 1. The molecule has 0 saturated carbocycles. The van der Waals surface area contributed by atoms with E-state index >= 15 is 0 Å². The Kier molecular flexibility index (Phi) is 4.77. The Labute approximate surface area is 119 Å². The highest BCUT2D eigenvalue weighted by Gasteiger charge is 2.17. The van der Waals surface area contributed by atoms with E-state index in [0.29, 0.717) is 12.0 Å². The predicted molar refractivity (Wildman–Crippen MR) is 82.4 cm³/mol. The average molecular weight is 277 g/mol. The topological polar surface area (TPSA) is 29.9 Å². The molecule has 0 radical (unpaired) electrons. The van der Waals surface area contributed by atoms with E-state index in [1.54, 1.807) is 0 Å². The lowest BCUT2D eigenvalue weighted by Gasteiger charge is -2.20. The number of rotatable bonds is 6. The van der Waals surface area contributed by atoms with Gasteiger partial charge >= 0.3 is 0 Å². The Morgan fingerprint density at radius 3 is 2.74 bits per heavy atom. The van der Waals surface area contributed by atoms with Crippen molar-refractivity contribution in [1.82, 2.24) is 15.1 Å². The first-order valence-electron chi connectivity index (χ1n) is 6.94. The first-order chi connectivity index (χ1) is 9.11. The van der Waals surface area contributed by atoms with Crippen LogP contribution in [0.25, 0.3) is 10.4 Å². The van der Waals surface area contributed by atoms with Gasteiger partial charge in [-0.25, -0.2) is 0 Å². The summed E-state index contributed by atoms with van der Waals surface area (Å²) >= 11 is 1.87. The lowest BCUT2D eigenvalue weighted by Crippen LogP contribution is -2.25. The molecule has 2 aromatic heterocycles. The molecule has 0 bridgehead atoms. The van der Waals surface area contributed by atoms with Gasteiger partial charge in [0.2, 0.25) is 0 Å². The maximum atomic E-state index is 4.24. The van der Waals surface area contributed by atoms with Crippen molar-refractivity contribution < 1.29 is 0 Å². The Balaban J connectivity index is 2.18. The normalized spacial score (nSPS) is 13.1. The molecule has 0 amide bonds. The van der Waals surface area contributed by atoms with Crippen LogP contribution >= 0.6 is 11.3 Å². The molecule has 0 aliphatic carbocycles. The highest BCUT2D eigenvalue weighted by atomic mass is 32.1. The van der Waals surface area contributed by atoms with Crippen LogP contribution in [0, 0.1) is 5.92 Å². The quantitative estimate of drug-likeness (QED) is 0.869. The molecule has 1 unspecified atom stereocenters. The van der Waals surface area contributed by atoms with Crippen LogP contribution in [0.2, 0.25) is 0 Å². The van der Waals surface area contributed by atoms with E-state index in [1.165, 1.54) is 21.7 Å². The molecule has 0 fully saturated rings. The lowest BCUT2D eigenvalue weighted by molar-refractivity contribution is 0.418. The smallest absolute Gasteiger partial charge is 0.0576 e. The van der Waals surface area contributed by atoms with Crippen molar-refractivity contribution in [3.05, 3.63) is 29.4 Å².